The number of carbonyl (C=O) groups is 1. The first kappa shape index (κ1) is 19.3. The number of ketones is 1. The van der Waals surface area contributed by atoms with Gasteiger partial charge in [0.15, 0.2) is 5.76 Å². The SMILES string of the molecule is CCCC[NH+](C)Cc1c([O-])cc(C)c2c1O/C(=C\c1cc3ccccc3o1)C2=O. The van der Waals surface area contributed by atoms with Crippen molar-refractivity contribution in [2.75, 3.05) is 13.6 Å². The molecule has 1 unspecified atom stereocenters. The van der Waals surface area contributed by atoms with Gasteiger partial charge in [0.2, 0.25) is 5.78 Å². The van der Waals surface area contributed by atoms with Gasteiger partial charge < -0.3 is 19.2 Å². The molecule has 1 N–H and O–H groups in total. The number of benzene rings is 2. The lowest BCUT2D eigenvalue weighted by molar-refractivity contribution is -0.894. The van der Waals surface area contributed by atoms with E-state index in [1.807, 2.05) is 30.3 Å². The molecule has 0 aliphatic carbocycles. The topological polar surface area (TPSA) is 66.9 Å². The fourth-order valence-electron chi connectivity index (χ4n) is 3.81. The molecule has 4 rings (SSSR count). The van der Waals surface area contributed by atoms with Crippen LogP contribution in [0.1, 0.15) is 47.0 Å². The summed E-state index contributed by atoms with van der Waals surface area (Å²) >= 11 is 0. The zero-order valence-electron chi connectivity index (χ0n) is 17.0. The summed E-state index contributed by atoms with van der Waals surface area (Å²) < 4.78 is 11.8. The summed E-state index contributed by atoms with van der Waals surface area (Å²) in [5, 5.41) is 13.6. The average molecular weight is 391 g/mol. The molecule has 150 valence electrons. The van der Waals surface area contributed by atoms with Gasteiger partial charge in [-0.2, -0.15) is 0 Å². The fraction of sp³-hybridized carbons (Fsp3) is 0.292. The van der Waals surface area contributed by atoms with Crippen molar-refractivity contribution in [2.45, 2.75) is 33.2 Å². The normalized spacial score (nSPS) is 15.7. The number of furan rings is 1. The molecule has 5 nitrogen and oxygen atoms in total. The molecule has 0 fully saturated rings. The minimum absolute atomic E-state index is 0.0742. The van der Waals surface area contributed by atoms with E-state index >= 15 is 0 Å². The first-order chi connectivity index (χ1) is 14.0. The van der Waals surface area contributed by atoms with Crippen molar-refractivity contribution in [3.05, 3.63) is 64.6 Å². The van der Waals surface area contributed by atoms with E-state index in [1.54, 1.807) is 19.1 Å². The highest BCUT2D eigenvalue weighted by atomic mass is 16.5. The molecule has 2 aromatic carbocycles. The summed E-state index contributed by atoms with van der Waals surface area (Å²) in [6.45, 7) is 5.43. The van der Waals surface area contributed by atoms with Crippen LogP contribution in [-0.2, 0) is 6.54 Å². The number of nitrogens with one attached hydrogen (secondary N) is 1. The molecule has 0 saturated carbocycles. The Bertz CT molecular complexity index is 1080. The van der Waals surface area contributed by atoms with Crippen molar-refractivity contribution in [3.8, 4) is 11.5 Å². The predicted molar refractivity (Wildman–Crippen MR) is 110 cm³/mol. The van der Waals surface area contributed by atoms with Gasteiger partial charge in [-0.25, -0.2) is 0 Å². The smallest absolute Gasteiger partial charge is 0.232 e. The lowest BCUT2D eigenvalue weighted by Crippen LogP contribution is -3.07. The van der Waals surface area contributed by atoms with Gasteiger partial charge in [0, 0.05) is 17.0 Å². The molecule has 3 aromatic rings. The Hall–Kier alpha value is -3.05. The molecule has 29 heavy (non-hydrogen) atoms. The number of quaternary nitrogens is 1. The van der Waals surface area contributed by atoms with E-state index < -0.39 is 0 Å². The van der Waals surface area contributed by atoms with Crippen LogP contribution in [0.2, 0.25) is 0 Å². The van der Waals surface area contributed by atoms with Gasteiger partial charge in [-0.1, -0.05) is 43.4 Å². The zero-order chi connectivity index (χ0) is 20.5. The van der Waals surface area contributed by atoms with Gasteiger partial charge in [0.25, 0.3) is 0 Å². The number of para-hydroxylation sites is 1. The lowest BCUT2D eigenvalue weighted by Gasteiger charge is -2.21. The molecule has 0 amide bonds. The average Bonchev–Trinajstić information content (AvgIpc) is 3.24. The molecule has 0 spiro atoms. The summed E-state index contributed by atoms with van der Waals surface area (Å²) in [6, 6.07) is 11.1. The second-order valence-electron chi connectivity index (χ2n) is 7.74. The van der Waals surface area contributed by atoms with Crippen molar-refractivity contribution < 1.29 is 24.0 Å². The second-order valence-corrected chi connectivity index (χ2v) is 7.74. The largest absolute Gasteiger partial charge is 0.872 e. The van der Waals surface area contributed by atoms with Gasteiger partial charge in [-0.05, 0) is 31.0 Å². The third kappa shape index (κ3) is 3.66. The third-order valence-electron chi connectivity index (χ3n) is 5.36. The van der Waals surface area contributed by atoms with Crippen LogP contribution in [0.5, 0.6) is 11.5 Å². The fourth-order valence-corrected chi connectivity index (χ4v) is 3.81. The minimum Gasteiger partial charge on any atom is -0.872 e. The number of hydrogen-bond acceptors (Lipinski definition) is 4. The van der Waals surface area contributed by atoms with Gasteiger partial charge in [-0.3, -0.25) is 4.79 Å². The number of ether oxygens (including phenoxy) is 1. The molecule has 1 atom stereocenters. The van der Waals surface area contributed by atoms with Crippen LogP contribution < -0.4 is 14.7 Å². The standard InChI is InChI=1S/C24H25NO4/c1-4-5-10-25(3)14-18-19(26)11-15(2)22-23(27)21(29-24(18)22)13-17-12-16-8-6-7-9-20(16)28-17/h6-9,11-13,26H,4-5,10,14H2,1-3H3/b21-13-. The molecule has 1 aliphatic heterocycles. The first-order valence-electron chi connectivity index (χ1n) is 10.1. The van der Waals surface area contributed by atoms with Crippen LogP contribution in [-0.4, -0.2) is 19.4 Å². The number of fused-ring (bicyclic) bond motifs is 2. The van der Waals surface area contributed by atoms with E-state index in [2.05, 4.69) is 14.0 Å². The lowest BCUT2D eigenvalue weighted by atomic mass is 9.99. The number of unbranched alkanes of at least 4 members (excludes halogenated alkanes) is 1. The number of carbonyl (C=O) groups excluding carboxylic acids is 1. The van der Waals surface area contributed by atoms with E-state index in [9.17, 15) is 9.90 Å². The summed E-state index contributed by atoms with van der Waals surface area (Å²) in [5.74, 6) is 0.883. The van der Waals surface area contributed by atoms with Gasteiger partial charge in [-0.15, -0.1) is 0 Å². The van der Waals surface area contributed by atoms with Gasteiger partial charge >= 0.3 is 0 Å². The minimum atomic E-state index is -0.203. The maximum atomic E-state index is 13.0. The maximum Gasteiger partial charge on any atom is 0.232 e. The maximum absolute atomic E-state index is 13.0. The van der Waals surface area contributed by atoms with Crippen LogP contribution in [0.4, 0.5) is 0 Å². The number of hydrogen-bond donors (Lipinski definition) is 1. The molecular formula is C24H25NO4. The highest BCUT2D eigenvalue weighted by Gasteiger charge is 2.33. The molecule has 5 heteroatoms. The highest BCUT2D eigenvalue weighted by molar-refractivity contribution is 6.15. The van der Waals surface area contributed by atoms with Crippen LogP contribution in [0.25, 0.3) is 17.0 Å². The Balaban J connectivity index is 1.69. The molecule has 2 heterocycles. The number of allylic oxidation sites excluding steroid dienone is 1. The summed E-state index contributed by atoms with van der Waals surface area (Å²) in [6.07, 6.45) is 3.81. The molecule has 0 radical (unpaired) electrons. The molecule has 1 aliphatic rings. The van der Waals surface area contributed by atoms with E-state index in [4.69, 9.17) is 9.15 Å². The van der Waals surface area contributed by atoms with Crippen molar-refractivity contribution >= 4 is 22.8 Å². The summed E-state index contributed by atoms with van der Waals surface area (Å²) in [4.78, 5) is 14.2. The van der Waals surface area contributed by atoms with Crippen molar-refractivity contribution in [1.82, 2.24) is 0 Å². The van der Waals surface area contributed by atoms with Crippen LogP contribution in [0, 0.1) is 6.92 Å². The Kier molecular flexibility index (Phi) is 5.16. The summed E-state index contributed by atoms with van der Waals surface area (Å²) in [7, 11) is 2.06. The number of Topliss-reactive ketones (excluding diaryl/α,β-unsaturated/α-hetero) is 1. The van der Waals surface area contributed by atoms with Gasteiger partial charge in [0.1, 0.15) is 23.6 Å². The number of rotatable bonds is 6. The first-order valence-corrected chi connectivity index (χ1v) is 10.1. The predicted octanol–water partition coefficient (Wildman–Crippen LogP) is 3.25. The Morgan fingerprint density at radius 2 is 2.00 bits per heavy atom. The van der Waals surface area contributed by atoms with Crippen molar-refractivity contribution in [3.63, 3.8) is 0 Å². The third-order valence-corrected chi connectivity index (χ3v) is 5.36. The Morgan fingerprint density at radius 1 is 1.21 bits per heavy atom. The highest BCUT2D eigenvalue weighted by Crippen LogP contribution is 2.40. The Morgan fingerprint density at radius 3 is 2.76 bits per heavy atom. The van der Waals surface area contributed by atoms with Crippen LogP contribution in [0.15, 0.2) is 46.6 Å². The van der Waals surface area contributed by atoms with Gasteiger partial charge in [0.05, 0.1) is 19.2 Å². The summed E-state index contributed by atoms with van der Waals surface area (Å²) in [5.41, 5.74) is 2.46. The van der Waals surface area contributed by atoms with Crippen molar-refractivity contribution in [2.24, 2.45) is 0 Å². The molecular weight excluding hydrogens is 366 g/mol. The van der Waals surface area contributed by atoms with Crippen LogP contribution in [0.3, 0.4) is 0 Å². The van der Waals surface area contributed by atoms with E-state index in [-0.39, 0.29) is 17.3 Å². The zero-order valence-corrected chi connectivity index (χ0v) is 17.0. The van der Waals surface area contributed by atoms with Crippen LogP contribution >= 0.6 is 0 Å². The molecule has 0 saturated heterocycles. The van der Waals surface area contributed by atoms with E-state index in [1.165, 1.54) is 4.90 Å². The molecule has 1 aromatic heterocycles. The second kappa shape index (κ2) is 7.76. The monoisotopic (exact) mass is 391 g/mol. The Labute approximate surface area is 170 Å². The van der Waals surface area contributed by atoms with E-state index in [0.717, 1.165) is 30.4 Å². The van der Waals surface area contributed by atoms with Crippen molar-refractivity contribution in [1.29, 1.82) is 0 Å². The number of aryl methyl sites for hydroxylation is 1. The molecule has 0 bridgehead atoms. The quantitative estimate of drug-likeness (QED) is 0.655. The van der Waals surface area contributed by atoms with E-state index in [0.29, 0.717) is 34.7 Å².